The predicted octanol–water partition coefficient (Wildman–Crippen LogP) is 4.35. The number of hydrogen-bond donors (Lipinski definition) is 1. The Morgan fingerprint density at radius 3 is 2.61 bits per heavy atom. The number of aryl methyl sites for hydroxylation is 2. The molecule has 5 heteroatoms. The third kappa shape index (κ3) is 4.03. The van der Waals surface area contributed by atoms with Gasteiger partial charge in [-0.05, 0) is 39.0 Å². The lowest BCUT2D eigenvalue weighted by Gasteiger charge is -2.12. The van der Waals surface area contributed by atoms with Gasteiger partial charge in [-0.3, -0.25) is 0 Å². The van der Waals surface area contributed by atoms with Crippen LogP contribution in [0.3, 0.4) is 0 Å². The van der Waals surface area contributed by atoms with Crippen LogP contribution in [-0.4, -0.2) is 9.78 Å². The molecule has 0 bridgehead atoms. The summed E-state index contributed by atoms with van der Waals surface area (Å²) in [4.78, 5) is 0. The molecule has 0 saturated heterocycles. The number of nitrogens with one attached hydrogen (secondary N) is 1. The molecular weight excluding hydrogens is 310 g/mol. The van der Waals surface area contributed by atoms with Crippen LogP contribution < -0.4 is 5.32 Å². The second-order valence-corrected chi connectivity index (χ2v) is 5.60. The van der Waals surface area contributed by atoms with Gasteiger partial charge in [0.2, 0.25) is 0 Å². The van der Waals surface area contributed by atoms with E-state index in [0.29, 0.717) is 0 Å². The number of aromatic nitrogens is 2. The van der Waals surface area contributed by atoms with E-state index in [-0.39, 0.29) is 18.4 Å². The first-order valence-electron chi connectivity index (χ1n) is 7.53. The van der Waals surface area contributed by atoms with Crippen molar-refractivity contribution < 1.29 is 4.42 Å². The second kappa shape index (κ2) is 7.49. The molecule has 3 rings (SSSR count). The van der Waals surface area contributed by atoms with Crippen LogP contribution in [0.2, 0.25) is 0 Å². The van der Waals surface area contributed by atoms with Gasteiger partial charge in [0.25, 0.3) is 0 Å². The van der Waals surface area contributed by atoms with Crippen molar-refractivity contribution in [3.8, 4) is 5.69 Å². The fourth-order valence-corrected chi connectivity index (χ4v) is 2.63. The zero-order valence-electron chi connectivity index (χ0n) is 13.6. The molecule has 23 heavy (non-hydrogen) atoms. The van der Waals surface area contributed by atoms with Crippen LogP contribution >= 0.6 is 12.4 Å². The average Bonchev–Trinajstić information content (AvgIpc) is 3.12. The zero-order chi connectivity index (χ0) is 15.5. The molecule has 0 spiro atoms. The highest BCUT2D eigenvalue weighted by atomic mass is 35.5. The van der Waals surface area contributed by atoms with E-state index in [2.05, 4.69) is 29.6 Å². The van der Waals surface area contributed by atoms with Crippen LogP contribution in [0.15, 0.2) is 53.2 Å². The Morgan fingerprint density at radius 1 is 1.22 bits per heavy atom. The molecule has 2 aromatic heterocycles. The first-order chi connectivity index (χ1) is 10.6. The van der Waals surface area contributed by atoms with Crippen LogP contribution in [-0.2, 0) is 6.54 Å². The van der Waals surface area contributed by atoms with Crippen LogP contribution in [0.5, 0.6) is 0 Å². The summed E-state index contributed by atoms with van der Waals surface area (Å²) >= 11 is 0. The van der Waals surface area contributed by atoms with Crippen molar-refractivity contribution >= 4 is 12.4 Å². The number of halogens is 1. The molecule has 0 fully saturated rings. The van der Waals surface area contributed by atoms with Gasteiger partial charge in [-0.2, -0.15) is 5.10 Å². The molecule has 1 N–H and O–H groups in total. The van der Waals surface area contributed by atoms with Crippen molar-refractivity contribution in [2.24, 2.45) is 0 Å². The summed E-state index contributed by atoms with van der Waals surface area (Å²) in [7, 11) is 0. The number of furan rings is 1. The van der Waals surface area contributed by atoms with Crippen LogP contribution in [0.4, 0.5) is 0 Å². The van der Waals surface area contributed by atoms with Crippen LogP contribution in [0, 0.1) is 13.8 Å². The second-order valence-electron chi connectivity index (χ2n) is 5.60. The van der Waals surface area contributed by atoms with Gasteiger partial charge in [-0.1, -0.05) is 18.2 Å². The highest BCUT2D eigenvalue weighted by Crippen LogP contribution is 2.21. The molecule has 0 amide bonds. The minimum Gasteiger partial charge on any atom is -0.466 e. The summed E-state index contributed by atoms with van der Waals surface area (Å²) in [6.45, 7) is 6.91. The molecule has 0 saturated carbocycles. The Labute approximate surface area is 142 Å². The lowest BCUT2D eigenvalue weighted by molar-refractivity contribution is 0.489. The molecular formula is C18H22ClN3O. The fraction of sp³-hybridized carbons (Fsp3) is 0.278. The molecule has 3 aromatic rings. The quantitative estimate of drug-likeness (QED) is 0.755. The number of hydrogen-bond acceptors (Lipinski definition) is 3. The average molecular weight is 332 g/mol. The molecule has 0 aliphatic heterocycles. The smallest absolute Gasteiger partial charge is 0.105 e. The third-order valence-electron chi connectivity index (χ3n) is 3.82. The minimum atomic E-state index is 0. The van der Waals surface area contributed by atoms with E-state index < -0.39 is 0 Å². The summed E-state index contributed by atoms with van der Waals surface area (Å²) in [5.74, 6) is 1.94. The lowest BCUT2D eigenvalue weighted by atomic mass is 10.1. The Bertz CT molecular complexity index is 749. The summed E-state index contributed by atoms with van der Waals surface area (Å²) < 4.78 is 7.49. The van der Waals surface area contributed by atoms with Crippen molar-refractivity contribution in [1.29, 1.82) is 0 Å². The van der Waals surface area contributed by atoms with Crippen LogP contribution in [0.1, 0.15) is 35.6 Å². The minimum absolute atomic E-state index is 0. The zero-order valence-corrected chi connectivity index (χ0v) is 14.4. The predicted molar refractivity (Wildman–Crippen MR) is 94.2 cm³/mol. The van der Waals surface area contributed by atoms with E-state index in [1.165, 1.54) is 5.56 Å². The summed E-state index contributed by atoms with van der Waals surface area (Å²) in [6, 6.07) is 12.5. The summed E-state index contributed by atoms with van der Waals surface area (Å²) in [5.41, 5.74) is 3.45. The Morgan fingerprint density at radius 2 is 1.96 bits per heavy atom. The third-order valence-corrected chi connectivity index (χ3v) is 3.82. The van der Waals surface area contributed by atoms with Crippen molar-refractivity contribution in [3.05, 3.63) is 71.4 Å². The van der Waals surface area contributed by atoms with E-state index in [1.807, 2.05) is 55.1 Å². The van der Waals surface area contributed by atoms with Crippen molar-refractivity contribution in [3.63, 3.8) is 0 Å². The van der Waals surface area contributed by atoms with Crippen molar-refractivity contribution in [2.75, 3.05) is 0 Å². The maximum Gasteiger partial charge on any atom is 0.105 e. The molecule has 0 aliphatic carbocycles. The monoisotopic (exact) mass is 331 g/mol. The molecule has 122 valence electrons. The van der Waals surface area contributed by atoms with Crippen molar-refractivity contribution in [2.45, 2.75) is 33.4 Å². The largest absolute Gasteiger partial charge is 0.466 e. The first-order valence-corrected chi connectivity index (χ1v) is 7.53. The highest BCUT2D eigenvalue weighted by molar-refractivity contribution is 5.85. The van der Waals surface area contributed by atoms with Gasteiger partial charge < -0.3 is 9.73 Å². The summed E-state index contributed by atoms with van der Waals surface area (Å²) in [5, 5.41) is 7.94. The van der Waals surface area contributed by atoms with E-state index in [1.54, 1.807) is 0 Å². The van der Waals surface area contributed by atoms with Gasteiger partial charge in [-0.15, -0.1) is 12.4 Å². The first kappa shape index (κ1) is 17.3. The Kier molecular flexibility index (Phi) is 5.64. The maximum atomic E-state index is 5.59. The number of nitrogens with zero attached hydrogens (tertiary/aromatic N) is 2. The SMILES string of the molecule is Cc1cc(C(C)NCc2cnn(-c3ccccc3)c2)c(C)o1.Cl. The number of rotatable bonds is 5. The molecule has 1 unspecified atom stereocenters. The maximum absolute atomic E-state index is 5.59. The van der Waals surface area contributed by atoms with Gasteiger partial charge >= 0.3 is 0 Å². The molecule has 0 aliphatic rings. The van der Waals surface area contributed by atoms with Gasteiger partial charge in [-0.25, -0.2) is 4.68 Å². The van der Waals surface area contributed by atoms with E-state index >= 15 is 0 Å². The number of benzene rings is 1. The van der Waals surface area contributed by atoms with E-state index in [9.17, 15) is 0 Å². The van der Waals surface area contributed by atoms with Gasteiger partial charge in [0, 0.05) is 29.9 Å². The van der Waals surface area contributed by atoms with Crippen molar-refractivity contribution in [1.82, 2.24) is 15.1 Å². The Hall–Kier alpha value is -2.04. The van der Waals surface area contributed by atoms with E-state index in [0.717, 1.165) is 29.3 Å². The van der Waals surface area contributed by atoms with Gasteiger partial charge in [0.05, 0.1) is 11.9 Å². The van der Waals surface area contributed by atoms with Gasteiger partial charge in [0.15, 0.2) is 0 Å². The van der Waals surface area contributed by atoms with Crippen LogP contribution in [0.25, 0.3) is 5.69 Å². The number of para-hydroxylation sites is 1. The topological polar surface area (TPSA) is 43.0 Å². The van der Waals surface area contributed by atoms with Gasteiger partial charge in [0.1, 0.15) is 11.5 Å². The normalized spacial score (nSPS) is 12.0. The molecule has 2 heterocycles. The molecule has 1 atom stereocenters. The fourth-order valence-electron chi connectivity index (χ4n) is 2.63. The summed E-state index contributed by atoms with van der Waals surface area (Å²) in [6.07, 6.45) is 3.96. The molecule has 4 nitrogen and oxygen atoms in total. The highest BCUT2D eigenvalue weighted by Gasteiger charge is 2.12. The molecule has 0 radical (unpaired) electrons. The Balaban J connectivity index is 0.00000192. The standard InChI is InChI=1S/C18H21N3O.ClH/c1-13-9-18(15(3)22-13)14(2)19-10-16-11-20-21(12-16)17-7-5-4-6-8-17;/h4-9,11-12,14,19H,10H2,1-3H3;1H. The lowest BCUT2D eigenvalue weighted by Crippen LogP contribution is -2.18. The molecule has 1 aromatic carbocycles. The van der Waals surface area contributed by atoms with E-state index in [4.69, 9.17) is 4.42 Å².